The molecule has 7 nitrogen and oxygen atoms in total. The number of ether oxygens (including phenoxy) is 2. The van der Waals surface area contributed by atoms with E-state index in [1.165, 1.54) is 18.4 Å². The monoisotopic (exact) mass is 517 g/mol. The number of esters is 1. The number of nitrogens with one attached hydrogen (secondary N) is 1. The van der Waals surface area contributed by atoms with Gasteiger partial charge in [0.15, 0.2) is 0 Å². The number of carbonyl (C=O) groups excluding carboxylic acids is 1. The van der Waals surface area contributed by atoms with Crippen molar-refractivity contribution in [3.05, 3.63) is 51.9 Å². The van der Waals surface area contributed by atoms with Crippen LogP contribution in [-0.4, -0.2) is 39.8 Å². The van der Waals surface area contributed by atoms with Gasteiger partial charge in [-0.3, -0.25) is 9.59 Å². The Hall–Kier alpha value is -2.93. The number of rotatable bonds is 9. The molecule has 0 radical (unpaired) electrons. The number of pyridine rings is 1. The third-order valence-corrected chi connectivity index (χ3v) is 8.76. The number of aromatic amines is 1. The number of benzene rings is 1. The molecule has 3 heterocycles. The highest BCUT2D eigenvalue weighted by molar-refractivity contribution is 5.81. The van der Waals surface area contributed by atoms with E-state index in [-0.39, 0.29) is 23.6 Å². The number of H-pyrrole nitrogens is 1. The van der Waals surface area contributed by atoms with Crippen molar-refractivity contribution in [1.29, 1.82) is 0 Å². The quantitative estimate of drug-likeness (QED) is 0.375. The number of hydrogen-bond donors (Lipinski definition) is 1. The van der Waals surface area contributed by atoms with E-state index >= 15 is 0 Å². The number of aromatic nitrogens is 3. The van der Waals surface area contributed by atoms with Crippen LogP contribution in [0.5, 0.6) is 0 Å². The van der Waals surface area contributed by atoms with E-state index in [9.17, 15) is 9.59 Å². The summed E-state index contributed by atoms with van der Waals surface area (Å²) in [6.07, 6.45) is 12.3. The van der Waals surface area contributed by atoms with Crippen molar-refractivity contribution < 1.29 is 14.3 Å². The minimum Gasteiger partial charge on any atom is -0.462 e. The first-order chi connectivity index (χ1) is 18.5. The molecule has 202 valence electrons. The van der Waals surface area contributed by atoms with Gasteiger partial charge in [-0.2, -0.15) is 0 Å². The van der Waals surface area contributed by atoms with Crippen molar-refractivity contribution >= 4 is 17.0 Å². The largest absolute Gasteiger partial charge is 0.462 e. The highest BCUT2D eigenvalue weighted by Crippen LogP contribution is 2.40. The molecular formula is C31H39N3O4. The predicted molar refractivity (Wildman–Crippen MR) is 147 cm³/mol. The lowest BCUT2D eigenvalue weighted by molar-refractivity contribution is -0.154. The number of nitrogens with zero attached hydrogens (tertiary/aromatic N) is 2. The van der Waals surface area contributed by atoms with Crippen LogP contribution in [0, 0.1) is 24.7 Å². The average Bonchev–Trinajstić information content (AvgIpc) is 3.51. The van der Waals surface area contributed by atoms with Crippen LogP contribution in [0.25, 0.3) is 22.4 Å². The number of aryl methyl sites for hydroxylation is 2. The first-order valence-corrected chi connectivity index (χ1v) is 14.5. The van der Waals surface area contributed by atoms with Gasteiger partial charge >= 0.3 is 5.97 Å². The second kappa shape index (κ2) is 11.0. The van der Waals surface area contributed by atoms with Crippen molar-refractivity contribution in [3.8, 4) is 11.4 Å². The molecule has 2 aromatic heterocycles. The molecule has 2 aliphatic carbocycles. The molecule has 2 saturated carbocycles. The number of hydrogen-bond acceptors (Lipinski definition) is 5. The molecule has 38 heavy (non-hydrogen) atoms. The molecule has 0 amide bonds. The predicted octanol–water partition coefficient (Wildman–Crippen LogP) is 5.57. The summed E-state index contributed by atoms with van der Waals surface area (Å²) in [5, 5.41) is 0. The molecule has 1 aromatic carbocycles. The van der Waals surface area contributed by atoms with E-state index in [1.807, 2.05) is 13.0 Å². The summed E-state index contributed by atoms with van der Waals surface area (Å²) in [5.41, 5.74) is 4.82. The van der Waals surface area contributed by atoms with Crippen molar-refractivity contribution in [2.75, 3.05) is 13.2 Å². The van der Waals surface area contributed by atoms with Crippen molar-refractivity contribution in [1.82, 2.24) is 14.5 Å². The zero-order valence-electron chi connectivity index (χ0n) is 22.4. The third-order valence-electron chi connectivity index (χ3n) is 8.76. The van der Waals surface area contributed by atoms with Gasteiger partial charge in [-0.25, -0.2) is 4.98 Å². The average molecular weight is 518 g/mol. The van der Waals surface area contributed by atoms with Gasteiger partial charge in [-0.05, 0) is 107 Å². The van der Waals surface area contributed by atoms with Crippen LogP contribution in [0.2, 0.25) is 0 Å². The minimum absolute atomic E-state index is 0.0112. The second-order valence-electron chi connectivity index (χ2n) is 11.7. The fourth-order valence-electron chi connectivity index (χ4n) is 6.27. The third kappa shape index (κ3) is 5.58. The lowest BCUT2D eigenvalue weighted by Gasteiger charge is -2.23. The van der Waals surface area contributed by atoms with Crippen LogP contribution in [0.3, 0.4) is 0 Å². The first-order valence-electron chi connectivity index (χ1n) is 14.5. The summed E-state index contributed by atoms with van der Waals surface area (Å²) in [7, 11) is 0. The van der Waals surface area contributed by atoms with E-state index in [0.29, 0.717) is 17.4 Å². The Morgan fingerprint density at radius 2 is 1.92 bits per heavy atom. The van der Waals surface area contributed by atoms with Gasteiger partial charge in [-0.15, -0.1) is 0 Å². The molecule has 1 atom stereocenters. The molecule has 7 heteroatoms. The van der Waals surface area contributed by atoms with Gasteiger partial charge in [0.2, 0.25) is 0 Å². The van der Waals surface area contributed by atoms with E-state index in [2.05, 4.69) is 27.8 Å². The molecule has 3 aromatic rings. The van der Waals surface area contributed by atoms with Gasteiger partial charge in [0, 0.05) is 37.1 Å². The van der Waals surface area contributed by atoms with E-state index in [0.717, 1.165) is 93.5 Å². The van der Waals surface area contributed by atoms with Crippen LogP contribution in [-0.2, 0) is 27.2 Å². The van der Waals surface area contributed by atoms with Gasteiger partial charge in [0.1, 0.15) is 11.9 Å². The number of fused-ring (bicyclic) bond motifs is 1. The van der Waals surface area contributed by atoms with Crippen LogP contribution in [0.15, 0.2) is 35.3 Å². The standard InChI is InChI=1S/C31H39N3O4/c1-20-16-24(18-32-30(20)35)29-33-27-17-21(7-11-28(27)34(29)19-22-12-14-37-15-13-22)6-10-26(23-8-9-23)31(36)38-25-4-2-3-5-25/h7,11,16-18,22-23,25-26H,2-6,8-10,12-15,19H2,1H3,(H,32,35)/t26-/m0/s1. The molecular weight excluding hydrogens is 478 g/mol. The maximum absolute atomic E-state index is 13.0. The Kier molecular flexibility index (Phi) is 7.37. The second-order valence-corrected chi connectivity index (χ2v) is 11.7. The van der Waals surface area contributed by atoms with Crippen LogP contribution < -0.4 is 5.56 Å². The van der Waals surface area contributed by atoms with Gasteiger partial charge < -0.3 is 19.0 Å². The molecule has 0 unspecified atom stereocenters. The summed E-state index contributed by atoms with van der Waals surface area (Å²) in [6.45, 7) is 4.32. The molecule has 1 saturated heterocycles. The highest BCUT2D eigenvalue weighted by atomic mass is 16.5. The molecule has 3 fully saturated rings. The van der Waals surface area contributed by atoms with Crippen LogP contribution >= 0.6 is 0 Å². The Bertz CT molecular complexity index is 1340. The Labute approximate surface area is 223 Å². The lowest BCUT2D eigenvalue weighted by Crippen LogP contribution is -2.24. The lowest BCUT2D eigenvalue weighted by atomic mass is 9.95. The number of carbonyl (C=O) groups is 1. The highest BCUT2D eigenvalue weighted by Gasteiger charge is 2.38. The van der Waals surface area contributed by atoms with E-state index in [1.54, 1.807) is 6.20 Å². The summed E-state index contributed by atoms with van der Waals surface area (Å²) in [4.78, 5) is 32.9. The van der Waals surface area contributed by atoms with E-state index < -0.39 is 0 Å². The molecule has 1 aliphatic heterocycles. The summed E-state index contributed by atoms with van der Waals surface area (Å²) < 4.78 is 13.8. The van der Waals surface area contributed by atoms with Gasteiger partial charge in [0.05, 0.1) is 17.0 Å². The zero-order valence-corrected chi connectivity index (χ0v) is 22.4. The smallest absolute Gasteiger partial charge is 0.309 e. The van der Waals surface area contributed by atoms with Crippen molar-refractivity contribution in [2.24, 2.45) is 17.8 Å². The fourth-order valence-corrected chi connectivity index (χ4v) is 6.27. The molecule has 0 spiro atoms. The van der Waals surface area contributed by atoms with Crippen molar-refractivity contribution in [3.63, 3.8) is 0 Å². The minimum atomic E-state index is -0.0696. The maximum Gasteiger partial charge on any atom is 0.309 e. The molecule has 6 rings (SSSR count). The molecule has 3 aliphatic rings. The Morgan fingerprint density at radius 1 is 1.13 bits per heavy atom. The van der Waals surface area contributed by atoms with Crippen LogP contribution in [0.4, 0.5) is 0 Å². The van der Waals surface area contributed by atoms with Crippen LogP contribution in [0.1, 0.15) is 68.9 Å². The van der Waals surface area contributed by atoms with Gasteiger partial charge in [-0.1, -0.05) is 6.07 Å². The number of imidazole rings is 1. The summed E-state index contributed by atoms with van der Waals surface area (Å²) in [6, 6.07) is 8.49. The fraction of sp³-hybridized carbons (Fsp3) is 0.581. The normalized spacial score (nSPS) is 19.7. The SMILES string of the molecule is Cc1cc(-c2nc3cc(CC[C@H](C(=O)OC4CCCC4)C4CC4)ccc3n2CC2CCOCC2)c[nH]c1=O. The molecule has 0 bridgehead atoms. The summed E-state index contributed by atoms with van der Waals surface area (Å²) >= 11 is 0. The Balaban J connectivity index is 1.25. The van der Waals surface area contributed by atoms with Gasteiger partial charge in [0.25, 0.3) is 5.56 Å². The maximum atomic E-state index is 13.0. The molecule has 1 N–H and O–H groups in total. The summed E-state index contributed by atoms with van der Waals surface area (Å²) in [5.74, 6) is 1.95. The van der Waals surface area contributed by atoms with Crippen molar-refractivity contribution in [2.45, 2.75) is 83.8 Å². The zero-order chi connectivity index (χ0) is 26.1. The van der Waals surface area contributed by atoms with E-state index in [4.69, 9.17) is 14.5 Å². The topological polar surface area (TPSA) is 86.2 Å². The Morgan fingerprint density at radius 3 is 2.66 bits per heavy atom. The first kappa shape index (κ1) is 25.4.